The molecule has 1 aliphatic heterocycles. The van der Waals surface area contributed by atoms with Crippen LogP contribution >= 0.6 is 0 Å². The number of aromatic nitrogens is 2. The average molecular weight is 358 g/mol. The third kappa shape index (κ3) is 4.66. The Morgan fingerprint density at radius 2 is 2.08 bits per heavy atom. The number of hydrogen-bond donors (Lipinski definition) is 2. The quantitative estimate of drug-likeness (QED) is 0.736. The van der Waals surface area contributed by atoms with E-state index in [1.807, 2.05) is 0 Å². The van der Waals surface area contributed by atoms with Gasteiger partial charge in [0.2, 0.25) is 11.8 Å². The zero-order chi connectivity index (χ0) is 18.4. The first-order chi connectivity index (χ1) is 12.6. The van der Waals surface area contributed by atoms with Crippen LogP contribution in [-0.4, -0.2) is 47.2 Å². The molecule has 0 aliphatic carbocycles. The molecule has 0 unspecified atom stereocenters. The summed E-state index contributed by atoms with van der Waals surface area (Å²) in [5.41, 5.74) is 0.331. The number of benzene rings is 1. The Balaban J connectivity index is 1.43. The minimum Gasteiger partial charge on any atom is -0.376 e. The van der Waals surface area contributed by atoms with Crippen molar-refractivity contribution in [2.45, 2.75) is 31.9 Å². The monoisotopic (exact) mass is 358 g/mol. The number of rotatable bonds is 7. The third-order valence-electron chi connectivity index (χ3n) is 4.27. The smallest absolute Gasteiger partial charge is 0.261 e. The highest BCUT2D eigenvalue weighted by Crippen LogP contribution is 2.10. The summed E-state index contributed by atoms with van der Waals surface area (Å²) in [6.07, 6.45) is 3.63. The highest BCUT2D eigenvalue weighted by molar-refractivity contribution is 5.80. The van der Waals surface area contributed by atoms with Gasteiger partial charge in [0.25, 0.3) is 5.56 Å². The van der Waals surface area contributed by atoms with E-state index in [4.69, 9.17) is 4.74 Å². The topological polar surface area (TPSA) is 102 Å². The molecule has 2 heterocycles. The van der Waals surface area contributed by atoms with Crippen molar-refractivity contribution >= 4 is 22.7 Å². The van der Waals surface area contributed by atoms with E-state index in [9.17, 15) is 14.4 Å². The first kappa shape index (κ1) is 18.1. The summed E-state index contributed by atoms with van der Waals surface area (Å²) in [7, 11) is 0. The second-order valence-electron chi connectivity index (χ2n) is 6.23. The van der Waals surface area contributed by atoms with Gasteiger partial charge in [-0.3, -0.25) is 19.0 Å². The zero-order valence-electron chi connectivity index (χ0n) is 14.4. The molecule has 1 aromatic carbocycles. The van der Waals surface area contributed by atoms with Crippen LogP contribution in [0.2, 0.25) is 0 Å². The third-order valence-corrected chi connectivity index (χ3v) is 4.27. The number of fused-ring (bicyclic) bond motifs is 1. The molecule has 1 aliphatic rings. The number of ether oxygens (including phenoxy) is 1. The minimum absolute atomic E-state index is 0.0980. The summed E-state index contributed by atoms with van der Waals surface area (Å²) >= 11 is 0. The SMILES string of the molecule is O=C(CCNC(=O)Cn1cnc2ccccc2c1=O)NC[C@H]1CCCO1. The van der Waals surface area contributed by atoms with E-state index < -0.39 is 0 Å². The molecule has 138 valence electrons. The summed E-state index contributed by atoms with van der Waals surface area (Å²) in [5, 5.41) is 5.91. The second-order valence-corrected chi connectivity index (χ2v) is 6.23. The van der Waals surface area contributed by atoms with Gasteiger partial charge >= 0.3 is 0 Å². The lowest BCUT2D eigenvalue weighted by Crippen LogP contribution is -2.36. The number of para-hydroxylation sites is 1. The lowest BCUT2D eigenvalue weighted by atomic mass is 10.2. The van der Waals surface area contributed by atoms with Crippen molar-refractivity contribution in [3.8, 4) is 0 Å². The molecule has 1 atom stereocenters. The fraction of sp³-hybridized carbons (Fsp3) is 0.444. The predicted molar refractivity (Wildman–Crippen MR) is 95.6 cm³/mol. The Hall–Kier alpha value is -2.74. The molecular weight excluding hydrogens is 336 g/mol. The number of carbonyl (C=O) groups is 2. The predicted octanol–water partition coefficient (Wildman–Crippen LogP) is 0.198. The van der Waals surface area contributed by atoms with E-state index in [1.54, 1.807) is 24.3 Å². The van der Waals surface area contributed by atoms with Gasteiger partial charge in [0, 0.05) is 26.1 Å². The molecule has 0 bridgehead atoms. The molecule has 3 rings (SSSR count). The van der Waals surface area contributed by atoms with Crippen LogP contribution in [-0.2, 0) is 20.9 Å². The van der Waals surface area contributed by atoms with Gasteiger partial charge in [-0.1, -0.05) is 12.1 Å². The van der Waals surface area contributed by atoms with Crippen LogP contribution in [0.4, 0.5) is 0 Å². The lowest BCUT2D eigenvalue weighted by Gasteiger charge is -2.11. The summed E-state index contributed by atoms with van der Waals surface area (Å²) < 4.78 is 6.69. The van der Waals surface area contributed by atoms with Crippen molar-refractivity contribution in [2.75, 3.05) is 19.7 Å². The molecule has 2 amide bonds. The first-order valence-corrected chi connectivity index (χ1v) is 8.72. The van der Waals surface area contributed by atoms with Gasteiger partial charge in [-0.2, -0.15) is 0 Å². The van der Waals surface area contributed by atoms with Crippen LogP contribution in [0.25, 0.3) is 10.9 Å². The zero-order valence-corrected chi connectivity index (χ0v) is 14.4. The first-order valence-electron chi connectivity index (χ1n) is 8.72. The normalized spacial score (nSPS) is 16.5. The minimum atomic E-state index is -0.337. The highest BCUT2D eigenvalue weighted by atomic mass is 16.5. The van der Waals surface area contributed by atoms with E-state index in [-0.39, 0.29) is 43.0 Å². The summed E-state index contributed by atoms with van der Waals surface area (Å²) in [4.78, 5) is 40.3. The van der Waals surface area contributed by atoms with Crippen LogP contribution in [0, 0.1) is 0 Å². The standard InChI is InChI=1S/C18H22N4O4/c23-16(20-10-13-4-3-9-26-13)7-8-19-17(24)11-22-12-21-15-6-2-1-5-14(15)18(22)25/h1-2,5-6,12-13H,3-4,7-11H2,(H,19,24)(H,20,23)/t13-/m1/s1. The Morgan fingerprint density at radius 1 is 1.23 bits per heavy atom. The molecule has 0 radical (unpaired) electrons. The fourth-order valence-electron chi connectivity index (χ4n) is 2.87. The highest BCUT2D eigenvalue weighted by Gasteiger charge is 2.16. The van der Waals surface area contributed by atoms with Gasteiger partial charge in [0.1, 0.15) is 6.54 Å². The van der Waals surface area contributed by atoms with Gasteiger partial charge in [-0.15, -0.1) is 0 Å². The van der Waals surface area contributed by atoms with Crippen LogP contribution in [0.1, 0.15) is 19.3 Å². The maximum Gasteiger partial charge on any atom is 0.261 e. The number of nitrogens with one attached hydrogen (secondary N) is 2. The second kappa shape index (κ2) is 8.57. The van der Waals surface area contributed by atoms with Crippen molar-refractivity contribution < 1.29 is 14.3 Å². The van der Waals surface area contributed by atoms with Gasteiger partial charge in [-0.25, -0.2) is 4.98 Å². The van der Waals surface area contributed by atoms with Gasteiger partial charge in [0.15, 0.2) is 0 Å². The van der Waals surface area contributed by atoms with Gasteiger partial charge in [0.05, 0.1) is 23.3 Å². The number of nitrogens with zero attached hydrogens (tertiary/aromatic N) is 2. The van der Waals surface area contributed by atoms with Crippen molar-refractivity contribution in [3.63, 3.8) is 0 Å². The van der Waals surface area contributed by atoms with Crippen LogP contribution in [0.5, 0.6) is 0 Å². The van der Waals surface area contributed by atoms with Crippen molar-refractivity contribution in [3.05, 3.63) is 40.9 Å². The Bertz CT molecular complexity index is 842. The molecule has 1 saturated heterocycles. The molecule has 1 fully saturated rings. The Kier molecular flexibility index (Phi) is 5.96. The van der Waals surface area contributed by atoms with Gasteiger partial charge < -0.3 is 15.4 Å². The molecular formula is C18H22N4O4. The van der Waals surface area contributed by atoms with Crippen molar-refractivity contribution in [1.29, 1.82) is 0 Å². The number of amides is 2. The summed E-state index contributed by atoms with van der Waals surface area (Å²) in [6, 6.07) is 6.98. The molecule has 26 heavy (non-hydrogen) atoms. The number of hydrogen-bond acceptors (Lipinski definition) is 5. The van der Waals surface area contributed by atoms with Crippen LogP contribution in [0.15, 0.2) is 35.4 Å². The Morgan fingerprint density at radius 3 is 2.88 bits per heavy atom. The van der Waals surface area contributed by atoms with Crippen molar-refractivity contribution in [1.82, 2.24) is 20.2 Å². The van der Waals surface area contributed by atoms with E-state index in [2.05, 4.69) is 15.6 Å². The molecule has 2 aromatic rings. The van der Waals surface area contributed by atoms with Crippen molar-refractivity contribution in [2.24, 2.45) is 0 Å². The molecule has 1 aromatic heterocycles. The molecule has 2 N–H and O–H groups in total. The van der Waals surface area contributed by atoms with Gasteiger partial charge in [-0.05, 0) is 25.0 Å². The molecule has 8 heteroatoms. The number of carbonyl (C=O) groups excluding carboxylic acids is 2. The summed E-state index contributed by atoms with van der Waals surface area (Å²) in [6.45, 7) is 1.34. The van der Waals surface area contributed by atoms with E-state index in [0.29, 0.717) is 17.4 Å². The average Bonchev–Trinajstić information content (AvgIpc) is 3.16. The van der Waals surface area contributed by atoms with E-state index in [1.165, 1.54) is 10.9 Å². The lowest BCUT2D eigenvalue weighted by molar-refractivity contribution is -0.122. The van der Waals surface area contributed by atoms with E-state index in [0.717, 1.165) is 19.4 Å². The molecule has 8 nitrogen and oxygen atoms in total. The molecule has 0 spiro atoms. The van der Waals surface area contributed by atoms with Crippen LogP contribution in [0.3, 0.4) is 0 Å². The molecule has 0 saturated carbocycles. The van der Waals surface area contributed by atoms with E-state index >= 15 is 0 Å². The maximum absolute atomic E-state index is 12.3. The Labute approximate surface area is 150 Å². The van der Waals surface area contributed by atoms with Crippen LogP contribution < -0.4 is 16.2 Å². The summed E-state index contributed by atoms with van der Waals surface area (Å²) in [5.74, 6) is -0.471. The fourth-order valence-corrected chi connectivity index (χ4v) is 2.87. The maximum atomic E-state index is 12.3. The largest absolute Gasteiger partial charge is 0.376 e.